The zero-order valence-electron chi connectivity index (χ0n) is 16.0. The van der Waals surface area contributed by atoms with Crippen LogP contribution in [0, 0.1) is 0 Å². The molecule has 0 fully saturated rings. The van der Waals surface area contributed by atoms with E-state index in [0.29, 0.717) is 29.1 Å². The lowest BCUT2D eigenvalue weighted by molar-refractivity contribution is 0.280. The van der Waals surface area contributed by atoms with Crippen LogP contribution in [0.4, 0.5) is 0 Å². The van der Waals surface area contributed by atoms with E-state index in [4.69, 9.17) is 9.47 Å². The van der Waals surface area contributed by atoms with Crippen LogP contribution < -0.4 is 19.9 Å². The van der Waals surface area contributed by atoms with Crippen LogP contribution in [0.2, 0.25) is 0 Å². The molecule has 0 radical (unpaired) electrons. The summed E-state index contributed by atoms with van der Waals surface area (Å²) in [4.78, 5) is 12.1. The summed E-state index contributed by atoms with van der Waals surface area (Å²) in [6.07, 6.45) is 0. The highest BCUT2D eigenvalue weighted by Gasteiger charge is 2.17. The number of nitrogens with one attached hydrogen (secondary N) is 1. The van der Waals surface area contributed by atoms with Gasteiger partial charge in [0.05, 0.1) is 22.5 Å². The summed E-state index contributed by atoms with van der Waals surface area (Å²) in [6.45, 7) is 2.63. The van der Waals surface area contributed by atoms with Crippen LogP contribution in [-0.2, 0) is 24.1 Å². The van der Waals surface area contributed by atoms with E-state index in [1.165, 1.54) is 21.3 Å². The number of para-hydroxylation sites is 2. The topological polar surface area (TPSA) is 91.6 Å². The van der Waals surface area contributed by atoms with Crippen LogP contribution in [0.3, 0.4) is 0 Å². The summed E-state index contributed by atoms with van der Waals surface area (Å²) in [5, 5.41) is 0. The molecule has 9 heteroatoms. The van der Waals surface area contributed by atoms with Crippen molar-refractivity contribution < 1.29 is 17.9 Å². The molecule has 0 saturated carbocycles. The molecule has 0 spiro atoms. The number of hydrogen-bond acceptors (Lipinski definition) is 5. The number of imidazole rings is 1. The van der Waals surface area contributed by atoms with Gasteiger partial charge in [-0.1, -0.05) is 12.1 Å². The summed E-state index contributed by atoms with van der Waals surface area (Å²) in [5.74, 6) is 1.17. The molecule has 2 aromatic carbocycles. The van der Waals surface area contributed by atoms with Gasteiger partial charge < -0.3 is 9.47 Å². The van der Waals surface area contributed by atoms with Gasteiger partial charge >= 0.3 is 5.69 Å². The van der Waals surface area contributed by atoms with E-state index in [2.05, 4.69) is 4.72 Å². The van der Waals surface area contributed by atoms with Crippen LogP contribution in [0.25, 0.3) is 11.0 Å². The highest BCUT2D eigenvalue weighted by Crippen LogP contribution is 2.26. The third-order valence-corrected chi connectivity index (χ3v) is 5.81. The lowest BCUT2D eigenvalue weighted by Crippen LogP contribution is -2.28. The minimum absolute atomic E-state index is 0.0918. The van der Waals surface area contributed by atoms with Crippen LogP contribution in [-0.4, -0.2) is 37.3 Å². The molecule has 1 N–H and O–H groups in total. The number of aryl methyl sites for hydroxylation is 2. The molecule has 0 amide bonds. The molecule has 0 unspecified atom stereocenters. The van der Waals surface area contributed by atoms with Gasteiger partial charge in [0.25, 0.3) is 0 Å². The molecule has 1 heterocycles. The fraction of sp³-hybridized carbons (Fsp3) is 0.316. The molecule has 0 aliphatic carbocycles. The standard InChI is InChI=1S/C19H23N3O5S/c1-4-26-17-7-5-6-8-18(17)27-12-11-20-28(24,25)14-9-10-15-16(13-14)22(3)19(23)21(15)2/h5-10,13,20H,4,11-12H2,1-3H3. The predicted octanol–water partition coefficient (Wildman–Crippen LogP) is 1.63. The Hall–Kier alpha value is -2.78. The Kier molecular flexibility index (Phi) is 5.76. The number of aromatic nitrogens is 2. The van der Waals surface area contributed by atoms with Crippen LogP contribution in [0.5, 0.6) is 11.5 Å². The Bertz CT molecular complexity index is 1150. The van der Waals surface area contributed by atoms with E-state index >= 15 is 0 Å². The summed E-state index contributed by atoms with van der Waals surface area (Å²) >= 11 is 0. The van der Waals surface area contributed by atoms with Crippen molar-refractivity contribution in [3.63, 3.8) is 0 Å². The average molecular weight is 405 g/mol. The number of hydrogen-bond donors (Lipinski definition) is 1. The first-order valence-electron chi connectivity index (χ1n) is 8.85. The fourth-order valence-corrected chi connectivity index (χ4v) is 3.95. The maximum absolute atomic E-state index is 12.6. The van der Waals surface area contributed by atoms with Crippen LogP contribution >= 0.6 is 0 Å². The number of benzene rings is 2. The highest BCUT2D eigenvalue weighted by atomic mass is 32.2. The van der Waals surface area contributed by atoms with Gasteiger partial charge in [0, 0.05) is 20.6 Å². The van der Waals surface area contributed by atoms with Crippen molar-refractivity contribution in [1.82, 2.24) is 13.9 Å². The van der Waals surface area contributed by atoms with E-state index < -0.39 is 10.0 Å². The Balaban J connectivity index is 1.69. The maximum atomic E-state index is 12.6. The Labute approximate surface area is 163 Å². The lowest BCUT2D eigenvalue weighted by Gasteiger charge is -2.12. The largest absolute Gasteiger partial charge is 0.490 e. The third kappa shape index (κ3) is 3.90. The molecule has 0 bridgehead atoms. The van der Waals surface area contributed by atoms with Gasteiger partial charge in [0.1, 0.15) is 6.61 Å². The van der Waals surface area contributed by atoms with Crippen molar-refractivity contribution in [1.29, 1.82) is 0 Å². The number of nitrogens with zero attached hydrogens (tertiary/aromatic N) is 2. The van der Waals surface area contributed by atoms with E-state index in [9.17, 15) is 13.2 Å². The summed E-state index contributed by atoms with van der Waals surface area (Å²) in [7, 11) is -0.476. The second kappa shape index (κ2) is 8.07. The van der Waals surface area contributed by atoms with Gasteiger partial charge in [0.2, 0.25) is 10.0 Å². The second-order valence-corrected chi connectivity index (χ2v) is 7.94. The second-order valence-electron chi connectivity index (χ2n) is 6.18. The van der Waals surface area contributed by atoms with Crippen molar-refractivity contribution >= 4 is 21.1 Å². The number of sulfonamides is 1. The SMILES string of the molecule is CCOc1ccccc1OCCNS(=O)(=O)c1ccc2c(c1)n(C)c(=O)n2C. The van der Waals surface area contributed by atoms with Crippen LogP contribution in [0.1, 0.15) is 6.92 Å². The predicted molar refractivity (Wildman–Crippen MR) is 106 cm³/mol. The molecule has 28 heavy (non-hydrogen) atoms. The molecule has 0 saturated heterocycles. The number of rotatable bonds is 8. The van der Waals surface area contributed by atoms with Gasteiger partial charge in [0.15, 0.2) is 11.5 Å². The first-order valence-corrected chi connectivity index (χ1v) is 10.3. The monoisotopic (exact) mass is 405 g/mol. The zero-order chi connectivity index (χ0) is 20.3. The normalized spacial score (nSPS) is 11.7. The van der Waals surface area contributed by atoms with Gasteiger partial charge in [-0.25, -0.2) is 17.9 Å². The Morgan fingerprint density at radius 3 is 2.29 bits per heavy atom. The van der Waals surface area contributed by atoms with Crippen LogP contribution in [0.15, 0.2) is 52.2 Å². The average Bonchev–Trinajstić information content (AvgIpc) is 2.90. The molecular weight excluding hydrogens is 382 g/mol. The molecule has 3 rings (SSSR count). The number of ether oxygens (including phenoxy) is 2. The third-order valence-electron chi connectivity index (χ3n) is 4.35. The highest BCUT2D eigenvalue weighted by molar-refractivity contribution is 7.89. The van der Waals surface area contributed by atoms with Gasteiger partial charge in [-0.05, 0) is 37.3 Å². The van der Waals surface area contributed by atoms with E-state index in [0.717, 1.165) is 0 Å². The minimum atomic E-state index is -3.73. The molecule has 0 atom stereocenters. The molecule has 0 aliphatic heterocycles. The van der Waals surface area contributed by atoms with E-state index in [-0.39, 0.29) is 23.7 Å². The van der Waals surface area contributed by atoms with E-state index in [1.807, 2.05) is 19.1 Å². The van der Waals surface area contributed by atoms with Gasteiger partial charge in [-0.3, -0.25) is 9.13 Å². The molecule has 150 valence electrons. The minimum Gasteiger partial charge on any atom is -0.490 e. The van der Waals surface area contributed by atoms with Crippen molar-refractivity contribution in [3.05, 3.63) is 52.9 Å². The van der Waals surface area contributed by atoms with Crippen molar-refractivity contribution in [2.24, 2.45) is 14.1 Å². The molecule has 8 nitrogen and oxygen atoms in total. The van der Waals surface area contributed by atoms with Gasteiger partial charge in [-0.2, -0.15) is 0 Å². The zero-order valence-corrected chi connectivity index (χ0v) is 16.8. The molecule has 0 aliphatic rings. The Morgan fingerprint density at radius 2 is 1.61 bits per heavy atom. The van der Waals surface area contributed by atoms with Crippen molar-refractivity contribution in [3.8, 4) is 11.5 Å². The summed E-state index contributed by atoms with van der Waals surface area (Å²) < 4.78 is 41.7. The van der Waals surface area contributed by atoms with Crippen molar-refractivity contribution in [2.75, 3.05) is 19.8 Å². The fourth-order valence-electron chi connectivity index (χ4n) is 2.92. The quantitative estimate of drug-likeness (QED) is 0.575. The number of fused-ring (bicyclic) bond motifs is 1. The van der Waals surface area contributed by atoms with Gasteiger partial charge in [-0.15, -0.1) is 0 Å². The first-order chi connectivity index (χ1) is 13.3. The smallest absolute Gasteiger partial charge is 0.328 e. The molecule has 3 aromatic rings. The maximum Gasteiger partial charge on any atom is 0.328 e. The Morgan fingerprint density at radius 1 is 0.964 bits per heavy atom. The molecular formula is C19H23N3O5S. The van der Waals surface area contributed by atoms with Crippen molar-refractivity contribution in [2.45, 2.75) is 11.8 Å². The lowest BCUT2D eigenvalue weighted by atomic mass is 10.3. The first kappa shape index (κ1) is 20.0. The summed E-state index contributed by atoms with van der Waals surface area (Å²) in [5.41, 5.74) is 1.01. The van der Waals surface area contributed by atoms with E-state index in [1.54, 1.807) is 32.3 Å². The summed E-state index contributed by atoms with van der Waals surface area (Å²) in [6, 6.07) is 11.8. The molecule has 1 aromatic heterocycles.